The average molecular weight is 548 g/mol. The smallest absolute Gasteiger partial charge is 0.471 e. The SMILES string of the molecule is COc1ccc(C(=O)Nc2ccc3c(c2C=Cc2ccccc2)CN(C(=O)C(F)(F)F)CC3)cc1C(F)(F)F. The minimum atomic E-state index is -5.05. The topological polar surface area (TPSA) is 58.6 Å². The van der Waals surface area contributed by atoms with Crippen molar-refractivity contribution in [3.63, 3.8) is 0 Å². The van der Waals surface area contributed by atoms with E-state index < -0.39 is 35.5 Å². The Morgan fingerprint density at radius 3 is 2.31 bits per heavy atom. The number of carbonyl (C=O) groups excluding carboxylic acids is 2. The molecule has 11 heteroatoms. The highest BCUT2D eigenvalue weighted by atomic mass is 19.4. The Bertz CT molecular complexity index is 1420. The molecular weight excluding hydrogens is 526 g/mol. The molecule has 1 aliphatic heterocycles. The van der Waals surface area contributed by atoms with E-state index in [0.29, 0.717) is 27.7 Å². The Balaban J connectivity index is 1.74. The van der Waals surface area contributed by atoms with Gasteiger partial charge in [0.05, 0.1) is 12.7 Å². The van der Waals surface area contributed by atoms with Crippen molar-refractivity contribution in [2.45, 2.75) is 25.3 Å². The molecule has 0 aromatic heterocycles. The van der Waals surface area contributed by atoms with E-state index in [2.05, 4.69) is 5.32 Å². The zero-order valence-electron chi connectivity index (χ0n) is 20.5. The summed E-state index contributed by atoms with van der Waals surface area (Å²) in [5.74, 6) is -3.29. The summed E-state index contributed by atoms with van der Waals surface area (Å²) in [5, 5.41) is 2.58. The molecular formula is C28H22F6N2O3. The normalized spacial score (nSPS) is 13.8. The third kappa shape index (κ3) is 6.24. The summed E-state index contributed by atoms with van der Waals surface area (Å²) in [4.78, 5) is 25.7. The molecule has 1 heterocycles. The quantitative estimate of drug-likeness (QED) is 0.289. The number of carbonyl (C=O) groups is 2. The summed E-state index contributed by atoms with van der Waals surface area (Å²) in [6.07, 6.45) is -6.38. The molecule has 0 radical (unpaired) electrons. The highest BCUT2D eigenvalue weighted by molar-refractivity contribution is 6.06. The zero-order valence-corrected chi connectivity index (χ0v) is 20.5. The standard InChI is InChI=1S/C28H22F6N2O3/c1-39-24-12-9-19(15-22(24)27(29,30)31)25(37)35-23-11-8-18-13-14-36(26(38)28(32,33)34)16-21(18)20(23)10-7-17-5-3-2-4-6-17/h2-12,15H,13-14,16H2,1H3,(H,35,37). The molecule has 5 nitrogen and oxygen atoms in total. The van der Waals surface area contributed by atoms with Crippen LogP contribution in [0.25, 0.3) is 12.2 Å². The summed E-state index contributed by atoms with van der Waals surface area (Å²) >= 11 is 0. The summed E-state index contributed by atoms with van der Waals surface area (Å²) in [7, 11) is 1.08. The van der Waals surface area contributed by atoms with Crippen molar-refractivity contribution in [3.8, 4) is 5.75 Å². The van der Waals surface area contributed by atoms with Gasteiger partial charge in [0, 0.05) is 29.9 Å². The van der Waals surface area contributed by atoms with E-state index in [0.717, 1.165) is 18.7 Å². The fourth-order valence-electron chi connectivity index (χ4n) is 4.32. The molecule has 204 valence electrons. The molecule has 0 spiro atoms. The van der Waals surface area contributed by atoms with Gasteiger partial charge in [0.25, 0.3) is 5.91 Å². The first kappa shape index (κ1) is 27.7. The molecule has 1 aliphatic rings. The summed E-state index contributed by atoms with van der Waals surface area (Å²) < 4.78 is 84.6. The van der Waals surface area contributed by atoms with Crippen LogP contribution in [0.5, 0.6) is 5.75 Å². The first-order chi connectivity index (χ1) is 18.4. The highest BCUT2D eigenvalue weighted by Crippen LogP contribution is 2.37. The summed E-state index contributed by atoms with van der Waals surface area (Å²) in [6.45, 7) is -0.489. The van der Waals surface area contributed by atoms with Crippen LogP contribution in [0.4, 0.5) is 32.0 Å². The predicted octanol–water partition coefficient (Wildman–Crippen LogP) is 6.58. The maximum atomic E-state index is 13.5. The molecule has 0 atom stereocenters. The van der Waals surface area contributed by atoms with Gasteiger partial charge in [0.2, 0.25) is 0 Å². The lowest BCUT2D eigenvalue weighted by Crippen LogP contribution is -2.44. The third-order valence-corrected chi connectivity index (χ3v) is 6.24. The Kier molecular flexibility index (Phi) is 7.71. The maximum Gasteiger partial charge on any atom is 0.471 e. The molecule has 4 rings (SSSR count). The van der Waals surface area contributed by atoms with E-state index in [-0.39, 0.29) is 30.8 Å². The number of fused-ring (bicyclic) bond motifs is 1. The summed E-state index contributed by atoms with van der Waals surface area (Å²) in [5.41, 5.74) is 0.925. The van der Waals surface area contributed by atoms with Gasteiger partial charge in [-0.25, -0.2) is 0 Å². The lowest BCUT2D eigenvalue weighted by molar-refractivity contribution is -0.186. The van der Waals surface area contributed by atoms with Crippen LogP contribution in [0.2, 0.25) is 0 Å². The second kappa shape index (κ2) is 10.8. The molecule has 0 saturated heterocycles. The van der Waals surface area contributed by atoms with Crippen LogP contribution in [0.15, 0.2) is 60.7 Å². The fourth-order valence-corrected chi connectivity index (χ4v) is 4.32. The van der Waals surface area contributed by atoms with Crippen LogP contribution in [0, 0.1) is 0 Å². The molecule has 0 fully saturated rings. The largest absolute Gasteiger partial charge is 0.496 e. The first-order valence-corrected chi connectivity index (χ1v) is 11.7. The first-order valence-electron chi connectivity index (χ1n) is 11.7. The molecule has 39 heavy (non-hydrogen) atoms. The van der Waals surface area contributed by atoms with Crippen molar-refractivity contribution in [1.82, 2.24) is 4.90 Å². The molecule has 2 amide bonds. The van der Waals surface area contributed by atoms with Gasteiger partial charge >= 0.3 is 18.3 Å². The number of nitrogens with zero attached hydrogens (tertiary/aromatic N) is 1. The van der Waals surface area contributed by atoms with Crippen molar-refractivity contribution in [1.29, 1.82) is 0 Å². The molecule has 3 aromatic carbocycles. The van der Waals surface area contributed by atoms with Crippen LogP contribution in [0.3, 0.4) is 0 Å². The van der Waals surface area contributed by atoms with Gasteiger partial charge in [0.1, 0.15) is 5.75 Å². The zero-order chi connectivity index (χ0) is 28.4. The lowest BCUT2D eigenvalue weighted by Gasteiger charge is -2.31. The van der Waals surface area contributed by atoms with Gasteiger partial charge in [-0.3, -0.25) is 9.59 Å². The van der Waals surface area contributed by atoms with Crippen molar-refractivity contribution >= 4 is 29.7 Å². The van der Waals surface area contributed by atoms with Crippen molar-refractivity contribution < 1.29 is 40.7 Å². The molecule has 0 bridgehead atoms. The van der Waals surface area contributed by atoms with Crippen molar-refractivity contribution in [2.75, 3.05) is 19.0 Å². The minimum absolute atomic E-state index is 0.134. The Hall–Kier alpha value is -4.28. The van der Waals surface area contributed by atoms with E-state index in [1.807, 2.05) is 0 Å². The highest BCUT2D eigenvalue weighted by Gasteiger charge is 2.43. The number of hydrogen-bond donors (Lipinski definition) is 1. The number of rotatable bonds is 5. The number of anilines is 1. The molecule has 0 saturated carbocycles. The van der Waals surface area contributed by atoms with E-state index >= 15 is 0 Å². The number of methoxy groups -OCH3 is 1. The maximum absolute atomic E-state index is 13.5. The predicted molar refractivity (Wildman–Crippen MR) is 133 cm³/mol. The number of hydrogen-bond acceptors (Lipinski definition) is 3. The van der Waals surface area contributed by atoms with Gasteiger partial charge in [-0.05, 0) is 47.4 Å². The van der Waals surface area contributed by atoms with Crippen LogP contribution in [0.1, 0.15) is 38.2 Å². The number of amides is 2. The van der Waals surface area contributed by atoms with Crippen LogP contribution >= 0.6 is 0 Å². The number of alkyl halides is 6. The van der Waals surface area contributed by atoms with E-state index in [1.165, 1.54) is 12.1 Å². The number of nitrogens with one attached hydrogen (secondary N) is 1. The summed E-state index contributed by atoms with van der Waals surface area (Å²) in [6, 6.07) is 15.0. The Morgan fingerprint density at radius 1 is 0.949 bits per heavy atom. The number of halogens is 6. The van der Waals surface area contributed by atoms with Gasteiger partial charge in [0.15, 0.2) is 0 Å². The third-order valence-electron chi connectivity index (χ3n) is 6.24. The Morgan fingerprint density at radius 2 is 1.67 bits per heavy atom. The van der Waals surface area contributed by atoms with Gasteiger partial charge in [-0.1, -0.05) is 48.6 Å². The van der Waals surface area contributed by atoms with E-state index in [4.69, 9.17) is 4.74 Å². The molecule has 0 aliphatic carbocycles. The van der Waals surface area contributed by atoms with Gasteiger partial charge < -0.3 is 15.0 Å². The van der Waals surface area contributed by atoms with Crippen molar-refractivity contribution in [3.05, 3.63) is 94.0 Å². The van der Waals surface area contributed by atoms with Crippen LogP contribution in [-0.2, 0) is 23.9 Å². The molecule has 0 unspecified atom stereocenters. The number of ether oxygens (including phenoxy) is 1. The fraction of sp³-hybridized carbons (Fsp3) is 0.214. The minimum Gasteiger partial charge on any atom is -0.496 e. The van der Waals surface area contributed by atoms with E-state index in [1.54, 1.807) is 48.6 Å². The second-order valence-electron chi connectivity index (χ2n) is 8.75. The van der Waals surface area contributed by atoms with Gasteiger partial charge in [-0.15, -0.1) is 0 Å². The monoisotopic (exact) mass is 548 g/mol. The van der Waals surface area contributed by atoms with Crippen LogP contribution in [-0.4, -0.2) is 36.5 Å². The number of benzene rings is 3. The molecule has 1 N–H and O–H groups in total. The lowest BCUT2D eigenvalue weighted by atomic mass is 9.92. The second-order valence-corrected chi connectivity index (χ2v) is 8.75. The average Bonchev–Trinajstić information content (AvgIpc) is 2.90. The molecule has 3 aromatic rings. The van der Waals surface area contributed by atoms with Crippen LogP contribution < -0.4 is 10.1 Å². The van der Waals surface area contributed by atoms with Crippen molar-refractivity contribution in [2.24, 2.45) is 0 Å². The van der Waals surface area contributed by atoms with Gasteiger partial charge in [-0.2, -0.15) is 26.3 Å². The van der Waals surface area contributed by atoms with E-state index in [9.17, 15) is 35.9 Å². The Labute approximate surface area is 219 Å².